The van der Waals surface area contributed by atoms with Gasteiger partial charge in [0.05, 0.1) is 25.6 Å². The Labute approximate surface area is 112 Å². The highest BCUT2D eigenvalue weighted by Gasteiger charge is 2.52. The molecule has 0 bridgehead atoms. The van der Waals surface area contributed by atoms with Crippen LogP contribution >= 0.6 is 0 Å². The molecule has 20 heavy (non-hydrogen) atoms. The largest absolute Gasteiger partial charge is 0.481 e. The van der Waals surface area contributed by atoms with E-state index >= 15 is 0 Å². The highest BCUT2D eigenvalue weighted by molar-refractivity contribution is 6.12. The van der Waals surface area contributed by atoms with Crippen LogP contribution in [0.2, 0.25) is 0 Å². The number of nitrogens with zero attached hydrogens (tertiary/aromatic N) is 1. The number of ketones is 1. The third-order valence-corrected chi connectivity index (χ3v) is 2.93. The first-order chi connectivity index (χ1) is 9.33. The molecule has 2 N–H and O–H groups in total. The second-order valence-corrected chi connectivity index (χ2v) is 4.46. The molecule has 0 unspecified atom stereocenters. The molecule has 2 rings (SSSR count). The second-order valence-electron chi connectivity index (χ2n) is 4.46. The minimum Gasteiger partial charge on any atom is -0.481 e. The van der Waals surface area contributed by atoms with E-state index in [0.717, 1.165) is 0 Å². The lowest BCUT2D eigenvalue weighted by Gasteiger charge is -2.18. The van der Waals surface area contributed by atoms with Crippen molar-refractivity contribution in [3.05, 3.63) is 24.2 Å². The Morgan fingerprint density at radius 2 is 2.10 bits per heavy atom. The average Bonchev–Trinajstić information content (AvgIpc) is 2.92. The predicted octanol–water partition coefficient (Wildman–Crippen LogP) is -0.573. The van der Waals surface area contributed by atoms with Crippen LogP contribution in [0.3, 0.4) is 0 Å². The number of amides is 2. The Balaban J connectivity index is 2.13. The number of hydrogen-bond acceptors (Lipinski definition) is 6. The molecule has 8 nitrogen and oxygen atoms in total. The summed E-state index contributed by atoms with van der Waals surface area (Å²) in [6.45, 7) is -0.590. The van der Waals surface area contributed by atoms with E-state index in [1.54, 1.807) is 0 Å². The van der Waals surface area contributed by atoms with Gasteiger partial charge in [0, 0.05) is 0 Å². The van der Waals surface area contributed by atoms with E-state index in [2.05, 4.69) is 0 Å². The average molecular weight is 281 g/mol. The summed E-state index contributed by atoms with van der Waals surface area (Å²) in [4.78, 5) is 46.4. The number of carboxylic acid groups (broad SMARTS) is 1. The van der Waals surface area contributed by atoms with Gasteiger partial charge in [-0.25, -0.2) is 0 Å². The second kappa shape index (κ2) is 4.89. The van der Waals surface area contributed by atoms with Crippen LogP contribution in [-0.4, -0.2) is 50.8 Å². The molecule has 1 aromatic heterocycles. The normalized spacial score (nSPS) is 22.4. The summed E-state index contributed by atoms with van der Waals surface area (Å²) in [5.41, 5.74) is -2.29. The number of carbonyl (C=O) groups excluding carboxylic acids is 3. The van der Waals surface area contributed by atoms with Gasteiger partial charge in [-0.1, -0.05) is 0 Å². The maximum absolute atomic E-state index is 11.9. The van der Waals surface area contributed by atoms with Crippen LogP contribution in [0.15, 0.2) is 22.8 Å². The highest BCUT2D eigenvalue weighted by Crippen LogP contribution is 2.27. The van der Waals surface area contributed by atoms with Crippen molar-refractivity contribution < 1.29 is 33.8 Å². The van der Waals surface area contributed by atoms with Gasteiger partial charge in [0.15, 0.2) is 11.4 Å². The predicted molar refractivity (Wildman–Crippen MR) is 61.6 cm³/mol. The third-order valence-electron chi connectivity index (χ3n) is 2.93. The number of imide groups is 1. The maximum Gasteiger partial charge on any atom is 0.306 e. The molecule has 1 saturated heterocycles. The Kier molecular flexibility index (Phi) is 3.41. The van der Waals surface area contributed by atoms with Crippen molar-refractivity contribution in [2.24, 2.45) is 0 Å². The molecule has 0 radical (unpaired) electrons. The molecule has 0 spiro atoms. The van der Waals surface area contributed by atoms with E-state index in [-0.39, 0.29) is 5.76 Å². The number of aliphatic hydroxyl groups is 1. The van der Waals surface area contributed by atoms with Crippen LogP contribution in [0.1, 0.15) is 23.4 Å². The van der Waals surface area contributed by atoms with Crippen molar-refractivity contribution in [2.45, 2.75) is 18.4 Å². The zero-order chi connectivity index (χ0) is 14.9. The minimum atomic E-state index is -2.29. The lowest BCUT2D eigenvalue weighted by Crippen LogP contribution is -2.43. The Morgan fingerprint density at radius 3 is 2.65 bits per heavy atom. The first-order valence-electron chi connectivity index (χ1n) is 5.69. The molecule has 0 saturated carbocycles. The first-order valence-corrected chi connectivity index (χ1v) is 5.69. The van der Waals surface area contributed by atoms with Gasteiger partial charge in [-0.3, -0.25) is 24.1 Å². The van der Waals surface area contributed by atoms with Gasteiger partial charge >= 0.3 is 5.97 Å². The topological polar surface area (TPSA) is 125 Å². The van der Waals surface area contributed by atoms with Gasteiger partial charge in [-0.05, 0) is 12.1 Å². The van der Waals surface area contributed by atoms with Crippen LogP contribution in [0, 0.1) is 0 Å². The summed E-state index contributed by atoms with van der Waals surface area (Å²) >= 11 is 0. The monoisotopic (exact) mass is 281 g/mol. The fourth-order valence-electron chi connectivity index (χ4n) is 1.99. The molecule has 1 aliphatic rings. The lowest BCUT2D eigenvalue weighted by atomic mass is 9.98. The molecule has 2 amide bonds. The molecule has 1 aliphatic heterocycles. The van der Waals surface area contributed by atoms with E-state index in [1.807, 2.05) is 0 Å². The lowest BCUT2D eigenvalue weighted by molar-refractivity contribution is -0.153. The van der Waals surface area contributed by atoms with E-state index in [9.17, 15) is 24.3 Å². The van der Waals surface area contributed by atoms with Crippen molar-refractivity contribution in [3.8, 4) is 0 Å². The zero-order valence-electron chi connectivity index (χ0n) is 10.2. The van der Waals surface area contributed by atoms with E-state index in [1.165, 1.54) is 18.4 Å². The van der Waals surface area contributed by atoms with Gasteiger partial charge in [0.1, 0.15) is 0 Å². The number of Topliss-reactive ketones (excluding diaryl/α,β-unsaturated/α-hetero) is 1. The smallest absolute Gasteiger partial charge is 0.306 e. The number of rotatable bonds is 5. The fraction of sp³-hybridized carbons (Fsp3) is 0.333. The molecule has 2 heterocycles. The van der Waals surface area contributed by atoms with E-state index in [0.29, 0.717) is 4.90 Å². The molecule has 8 heteroatoms. The van der Waals surface area contributed by atoms with Gasteiger partial charge in [0.2, 0.25) is 11.7 Å². The van der Waals surface area contributed by atoms with Crippen LogP contribution in [-0.2, 0) is 14.4 Å². The number of hydrogen-bond donors (Lipinski definition) is 2. The minimum absolute atomic E-state index is 0.0284. The maximum atomic E-state index is 11.9. The molecular weight excluding hydrogens is 270 g/mol. The van der Waals surface area contributed by atoms with Crippen LogP contribution in [0.4, 0.5) is 0 Å². The van der Waals surface area contributed by atoms with E-state index < -0.39 is 48.6 Å². The zero-order valence-corrected chi connectivity index (χ0v) is 10.2. The molecule has 106 valence electrons. The highest BCUT2D eigenvalue weighted by atomic mass is 16.4. The molecule has 1 fully saturated rings. The number of carbonyl (C=O) groups is 4. The summed E-state index contributed by atoms with van der Waals surface area (Å²) in [5.74, 6) is -3.92. The summed E-state index contributed by atoms with van der Waals surface area (Å²) in [6.07, 6.45) is -0.270. The molecule has 0 aromatic carbocycles. The van der Waals surface area contributed by atoms with E-state index in [4.69, 9.17) is 9.52 Å². The summed E-state index contributed by atoms with van der Waals surface area (Å²) in [7, 11) is 0. The van der Waals surface area contributed by atoms with Gasteiger partial charge < -0.3 is 14.6 Å². The SMILES string of the molecule is O=C(O)C[C@]1(O)CC(=O)N(CC(=O)c2ccco2)C1=O. The number of aliphatic carboxylic acids is 1. The molecule has 1 aromatic rings. The fourth-order valence-corrected chi connectivity index (χ4v) is 1.99. The summed E-state index contributed by atoms with van der Waals surface area (Å²) in [5, 5.41) is 18.5. The summed E-state index contributed by atoms with van der Waals surface area (Å²) < 4.78 is 4.84. The molecular formula is C12H11NO7. The van der Waals surface area contributed by atoms with Crippen LogP contribution in [0.5, 0.6) is 0 Å². The summed E-state index contributed by atoms with van der Waals surface area (Å²) in [6, 6.07) is 2.85. The Bertz CT molecular complexity index is 577. The van der Waals surface area contributed by atoms with Crippen molar-refractivity contribution >= 4 is 23.6 Å². The first kappa shape index (κ1) is 13.9. The van der Waals surface area contributed by atoms with Gasteiger partial charge in [-0.15, -0.1) is 0 Å². The van der Waals surface area contributed by atoms with Crippen molar-refractivity contribution in [3.63, 3.8) is 0 Å². The Morgan fingerprint density at radius 1 is 1.40 bits per heavy atom. The van der Waals surface area contributed by atoms with Crippen LogP contribution < -0.4 is 0 Å². The van der Waals surface area contributed by atoms with Crippen molar-refractivity contribution in [1.82, 2.24) is 4.90 Å². The van der Waals surface area contributed by atoms with Crippen molar-refractivity contribution in [2.75, 3.05) is 6.54 Å². The Hall–Kier alpha value is -2.48. The number of furan rings is 1. The van der Waals surface area contributed by atoms with Gasteiger partial charge in [0.25, 0.3) is 5.91 Å². The molecule has 0 aliphatic carbocycles. The van der Waals surface area contributed by atoms with Crippen LogP contribution in [0.25, 0.3) is 0 Å². The quantitative estimate of drug-likeness (QED) is 0.546. The van der Waals surface area contributed by atoms with Gasteiger partial charge in [-0.2, -0.15) is 0 Å². The number of likely N-dealkylation sites (tertiary alicyclic amines) is 1. The van der Waals surface area contributed by atoms with Crippen molar-refractivity contribution in [1.29, 1.82) is 0 Å². The standard InChI is InChI=1S/C12H11NO7/c14-7(8-2-1-3-20-8)6-13-9(15)4-12(19,11(13)18)5-10(16)17/h1-3,19H,4-6H2,(H,16,17)/t12-/m1/s1. The number of carboxylic acids is 1. The molecule has 1 atom stereocenters. The third kappa shape index (κ3) is 2.45.